The number of aromatic nitrogens is 2. The van der Waals surface area contributed by atoms with E-state index >= 15 is 0 Å². The number of carbonyl (C=O) groups excluding carboxylic acids is 1. The van der Waals surface area contributed by atoms with Crippen LogP contribution in [0.5, 0.6) is 0 Å². The summed E-state index contributed by atoms with van der Waals surface area (Å²) in [5.41, 5.74) is 2.87. The van der Waals surface area contributed by atoms with Crippen molar-refractivity contribution in [1.82, 2.24) is 15.1 Å². The third-order valence-corrected chi connectivity index (χ3v) is 5.90. The average Bonchev–Trinajstić information content (AvgIpc) is 2.81. The quantitative estimate of drug-likeness (QED) is 0.554. The van der Waals surface area contributed by atoms with Crippen LogP contribution in [0, 0.1) is 0 Å². The van der Waals surface area contributed by atoms with Crippen LogP contribution in [0.2, 0.25) is 0 Å². The fourth-order valence-corrected chi connectivity index (χ4v) is 4.39. The van der Waals surface area contributed by atoms with Gasteiger partial charge in [0.15, 0.2) is 0 Å². The van der Waals surface area contributed by atoms with Gasteiger partial charge in [0, 0.05) is 30.7 Å². The number of aryl methyl sites for hydroxylation is 2. The lowest BCUT2D eigenvalue weighted by Crippen LogP contribution is -2.28. The van der Waals surface area contributed by atoms with Crippen molar-refractivity contribution in [3.05, 3.63) is 17.0 Å². The third-order valence-electron chi connectivity index (χ3n) is 3.49. The first-order chi connectivity index (χ1) is 10.6. The number of rotatable bonds is 8. The van der Waals surface area contributed by atoms with Crippen LogP contribution < -0.4 is 5.32 Å². The molecule has 2 rings (SSSR count). The molecule has 0 saturated carbocycles. The number of hydrogen-bond acceptors (Lipinski definition) is 5. The average molecular weight is 343 g/mol. The van der Waals surface area contributed by atoms with E-state index < -0.39 is 5.97 Å². The largest absolute Gasteiger partial charge is 0.481 e. The van der Waals surface area contributed by atoms with Gasteiger partial charge in [-0.25, -0.2) is 0 Å². The second-order valence-corrected chi connectivity index (χ2v) is 7.85. The maximum atomic E-state index is 12.3. The highest BCUT2D eigenvalue weighted by Gasteiger charge is 2.23. The number of amides is 1. The van der Waals surface area contributed by atoms with E-state index in [9.17, 15) is 9.59 Å². The van der Waals surface area contributed by atoms with Gasteiger partial charge in [-0.1, -0.05) is 21.6 Å². The van der Waals surface area contributed by atoms with Crippen LogP contribution in [-0.4, -0.2) is 44.8 Å². The molecule has 1 heterocycles. The van der Waals surface area contributed by atoms with E-state index in [4.69, 9.17) is 5.11 Å². The zero-order chi connectivity index (χ0) is 15.9. The number of hydrogen-bond donors (Lipinski definition) is 2. The molecule has 22 heavy (non-hydrogen) atoms. The third kappa shape index (κ3) is 4.67. The zero-order valence-corrected chi connectivity index (χ0v) is 14.3. The Morgan fingerprint density at radius 3 is 2.77 bits per heavy atom. The highest BCUT2D eigenvalue weighted by Crippen LogP contribution is 2.24. The Bertz CT molecular complexity index is 546. The second kappa shape index (κ2) is 8.47. The summed E-state index contributed by atoms with van der Waals surface area (Å²) < 4.78 is 1.69. The molecule has 0 fully saturated rings. The number of nitrogens with zero attached hydrogens (tertiary/aromatic N) is 2. The molecule has 6 nitrogen and oxygen atoms in total. The van der Waals surface area contributed by atoms with Crippen molar-refractivity contribution in [3.63, 3.8) is 0 Å². The molecule has 0 unspecified atom stereocenters. The Hall–Kier alpha value is -1.15. The number of carboxylic acid groups (broad SMARTS) is 1. The number of carboxylic acids is 1. The van der Waals surface area contributed by atoms with Crippen LogP contribution in [0.3, 0.4) is 0 Å². The molecule has 1 aliphatic carbocycles. The van der Waals surface area contributed by atoms with Crippen molar-refractivity contribution < 1.29 is 14.7 Å². The second-order valence-electron chi connectivity index (χ2n) is 5.15. The van der Waals surface area contributed by atoms with Crippen LogP contribution in [0.4, 0.5) is 0 Å². The summed E-state index contributed by atoms with van der Waals surface area (Å²) in [6.07, 6.45) is 4.34. The summed E-state index contributed by atoms with van der Waals surface area (Å²) in [7, 11) is 4.93. The van der Waals surface area contributed by atoms with Crippen molar-refractivity contribution >= 4 is 33.5 Å². The number of nitrogens with one attached hydrogen (secondary N) is 1. The molecule has 1 aromatic rings. The van der Waals surface area contributed by atoms with Crippen LogP contribution >= 0.6 is 21.6 Å². The summed E-state index contributed by atoms with van der Waals surface area (Å²) in [5, 5.41) is 15.9. The molecule has 122 valence electrons. The first-order valence-corrected chi connectivity index (χ1v) is 9.87. The van der Waals surface area contributed by atoms with Crippen molar-refractivity contribution in [2.45, 2.75) is 32.1 Å². The number of carbonyl (C=O) groups is 2. The smallest absolute Gasteiger partial charge is 0.304 e. The Morgan fingerprint density at radius 1 is 1.27 bits per heavy atom. The van der Waals surface area contributed by atoms with Gasteiger partial charge in [-0.3, -0.25) is 14.3 Å². The van der Waals surface area contributed by atoms with Crippen LogP contribution in [0.15, 0.2) is 0 Å². The van der Waals surface area contributed by atoms with E-state index in [1.54, 1.807) is 15.5 Å². The fraction of sp³-hybridized carbons (Fsp3) is 0.643. The van der Waals surface area contributed by atoms with Crippen molar-refractivity contribution in [1.29, 1.82) is 0 Å². The maximum Gasteiger partial charge on any atom is 0.304 e. The Kier molecular flexibility index (Phi) is 6.63. The minimum Gasteiger partial charge on any atom is -0.481 e. The molecular weight excluding hydrogens is 322 g/mol. The minimum atomic E-state index is -0.776. The van der Waals surface area contributed by atoms with Gasteiger partial charge >= 0.3 is 5.97 Å². The number of aliphatic carboxylic acids is 1. The molecule has 1 amide bonds. The molecule has 1 aliphatic rings. The summed E-state index contributed by atoms with van der Waals surface area (Å²) in [6.45, 7) is 0.573. The van der Waals surface area contributed by atoms with Crippen molar-refractivity contribution in [3.8, 4) is 0 Å². The van der Waals surface area contributed by atoms with Gasteiger partial charge < -0.3 is 10.4 Å². The number of fused-ring (bicyclic) bond motifs is 1. The summed E-state index contributed by atoms with van der Waals surface area (Å²) in [5.74, 6) is 0.510. The standard InChI is InChI=1S/C14H21N3O3S2/c1-17-13(10-4-2-3-5-11(10)16-17)14(20)15-7-9-22-21-8-6-12(18)19/h2-9H2,1H3,(H,15,20)(H,18,19). The van der Waals surface area contributed by atoms with Gasteiger partial charge in [0.25, 0.3) is 5.91 Å². The fourth-order valence-electron chi connectivity index (χ4n) is 2.50. The molecular formula is C14H21N3O3S2. The monoisotopic (exact) mass is 343 g/mol. The van der Waals surface area contributed by atoms with Gasteiger partial charge in [-0.05, 0) is 25.7 Å². The molecule has 0 aliphatic heterocycles. The molecule has 0 atom stereocenters. The molecule has 0 radical (unpaired) electrons. The Morgan fingerprint density at radius 2 is 2.00 bits per heavy atom. The zero-order valence-electron chi connectivity index (χ0n) is 12.6. The molecule has 0 bridgehead atoms. The van der Waals surface area contributed by atoms with Gasteiger partial charge in [0.2, 0.25) is 0 Å². The topological polar surface area (TPSA) is 84.2 Å². The minimum absolute atomic E-state index is 0.0608. The highest BCUT2D eigenvalue weighted by atomic mass is 33.1. The first-order valence-electron chi connectivity index (χ1n) is 7.38. The normalized spacial score (nSPS) is 13.7. The highest BCUT2D eigenvalue weighted by molar-refractivity contribution is 8.76. The molecule has 1 aromatic heterocycles. The molecule has 8 heteroatoms. The van der Waals surface area contributed by atoms with Gasteiger partial charge in [-0.2, -0.15) is 5.10 Å². The maximum absolute atomic E-state index is 12.3. The van der Waals surface area contributed by atoms with E-state index in [2.05, 4.69) is 10.4 Å². The lowest BCUT2D eigenvalue weighted by molar-refractivity contribution is -0.136. The molecule has 2 N–H and O–H groups in total. The Balaban J connectivity index is 1.74. The van der Waals surface area contributed by atoms with E-state index in [1.165, 1.54) is 10.8 Å². The lowest BCUT2D eigenvalue weighted by atomic mass is 9.96. The van der Waals surface area contributed by atoms with Gasteiger partial charge in [-0.15, -0.1) is 0 Å². The SMILES string of the molecule is Cn1nc2c(c1C(=O)NCCSSCCC(=O)O)CCCC2. The molecule has 0 saturated heterocycles. The predicted octanol–water partition coefficient (Wildman–Crippen LogP) is 1.88. The van der Waals surface area contributed by atoms with Crippen LogP contribution in [0.1, 0.15) is 41.0 Å². The van der Waals surface area contributed by atoms with Gasteiger partial charge in [0.1, 0.15) is 5.69 Å². The summed E-state index contributed by atoms with van der Waals surface area (Å²) >= 11 is 0. The van der Waals surface area contributed by atoms with E-state index in [1.807, 2.05) is 7.05 Å². The predicted molar refractivity (Wildman–Crippen MR) is 89.4 cm³/mol. The van der Waals surface area contributed by atoms with E-state index in [0.29, 0.717) is 18.0 Å². The summed E-state index contributed by atoms with van der Waals surface area (Å²) in [6, 6.07) is 0. The molecule has 0 aromatic carbocycles. The first kappa shape index (κ1) is 17.2. The summed E-state index contributed by atoms with van der Waals surface area (Å²) in [4.78, 5) is 22.7. The Labute approximate surface area is 137 Å². The lowest BCUT2D eigenvalue weighted by Gasteiger charge is -2.11. The van der Waals surface area contributed by atoms with Crippen LogP contribution in [0.25, 0.3) is 0 Å². The van der Waals surface area contributed by atoms with E-state index in [-0.39, 0.29) is 12.3 Å². The van der Waals surface area contributed by atoms with Crippen molar-refractivity contribution in [2.75, 3.05) is 18.1 Å². The van der Waals surface area contributed by atoms with Gasteiger partial charge in [0.05, 0.1) is 12.1 Å². The van der Waals surface area contributed by atoms with Crippen LogP contribution in [-0.2, 0) is 24.7 Å². The molecule has 0 spiro atoms. The van der Waals surface area contributed by atoms with Crippen molar-refractivity contribution in [2.24, 2.45) is 7.05 Å². The van der Waals surface area contributed by atoms with E-state index in [0.717, 1.165) is 42.7 Å².